The Balaban J connectivity index is 1.45. The number of benzene rings is 1. The molecule has 0 bridgehead atoms. The maximum Gasteiger partial charge on any atom is 0.189 e. The third kappa shape index (κ3) is 4.17. The van der Waals surface area contributed by atoms with E-state index in [1.807, 2.05) is 24.3 Å². The fraction of sp³-hybridized carbons (Fsp3) is 0.238. The van der Waals surface area contributed by atoms with Crippen molar-refractivity contribution in [3.05, 3.63) is 70.1 Å². The quantitative estimate of drug-likeness (QED) is 0.469. The van der Waals surface area contributed by atoms with Gasteiger partial charge in [-0.3, -0.25) is 4.79 Å². The average Bonchev–Trinajstić information content (AvgIpc) is 3.36. The first-order valence-corrected chi connectivity index (χ1v) is 10.9. The number of carbonyl (C=O) groups is 1. The van der Waals surface area contributed by atoms with Crippen LogP contribution in [-0.2, 0) is 12.8 Å². The van der Waals surface area contributed by atoms with Crippen LogP contribution in [0.2, 0.25) is 0 Å². The summed E-state index contributed by atoms with van der Waals surface area (Å²) in [5, 5.41) is 0. The molecule has 3 aromatic rings. The van der Waals surface area contributed by atoms with Gasteiger partial charge in [-0.05, 0) is 61.1 Å². The summed E-state index contributed by atoms with van der Waals surface area (Å²) < 4.78 is 7.11. The van der Waals surface area contributed by atoms with Gasteiger partial charge in [0.05, 0.1) is 17.1 Å². The highest BCUT2D eigenvalue weighted by Gasteiger charge is 2.22. The third-order valence-corrected chi connectivity index (χ3v) is 6.71. The number of ether oxygens (including phenoxy) is 1. The van der Waals surface area contributed by atoms with Gasteiger partial charge in [-0.1, -0.05) is 0 Å². The van der Waals surface area contributed by atoms with Gasteiger partial charge >= 0.3 is 0 Å². The number of imidazole rings is 1. The number of fused-ring (bicyclic) bond motifs is 1. The van der Waals surface area contributed by atoms with Crippen LogP contribution < -0.4 is 4.74 Å². The summed E-state index contributed by atoms with van der Waals surface area (Å²) in [5.74, 6) is 0.954. The molecular weight excluding hydrogens is 376 g/mol. The van der Waals surface area contributed by atoms with E-state index in [1.54, 1.807) is 35.6 Å². The highest BCUT2D eigenvalue weighted by molar-refractivity contribution is 8.00. The van der Waals surface area contributed by atoms with Crippen LogP contribution in [0.4, 0.5) is 0 Å². The van der Waals surface area contributed by atoms with Gasteiger partial charge in [0.25, 0.3) is 0 Å². The SMILES string of the molecule is CSc1ccc(/C=C2\CCc3cc(OCCc4cnc[nH]4)ccc3C2=O)s1. The number of Topliss-reactive ketones (excluding diaryl/α,β-unsaturated/α-hetero) is 1. The van der Waals surface area contributed by atoms with Gasteiger partial charge in [-0.15, -0.1) is 23.1 Å². The van der Waals surface area contributed by atoms with Gasteiger partial charge < -0.3 is 9.72 Å². The highest BCUT2D eigenvalue weighted by atomic mass is 32.2. The van der Waals surface area contributed by atoms with E-state index in [4.69, 9.17) is 4.74 Å². The molecule has 0 radical (unpaired) electrons. The molecule has 0 fully saturated rings. The van der Waals surface area contributed by atoms with Crippen LogP contribution in [0.15, 0.2) is 52.6 Å². The first kappa shape index (κ1) is 18.1. The highest BCUT2D eigenvalue weighted by Crippen LogP contribution is 2.32. The van der Waals surface area contributed by atoms with Crippen molar-refractivity contribution in [2.75, 3.05) is 12.9 Å². The van der Waals surface area contributed by atoms with E-state index in [-0.39, 0.29) is 5.78 Å². The smallest absolute Gasteiger partial charge is 0.189 e. The van der Waals surface area contributed by atoms with Gasteiger partial charge in [-0.2, -0.15) is 0 Å². The number of H-pyrrole nitrogens is 1. The van der Waals surface area contributed by atoms with Crippen molar-refractivity contribution in [2.45, 2.75) is 23.5 Å². The normalized spacial score (nSPS) is 15.1. The minimum absolute atomic E-state index is 0.138. The number of aryl methyl sites for hydroxylation is 1. The van der Waals surface area contributed by atoms with Crippen molar-refractivity contribution in [3.8, 4) is 5.75 Å². The standard InChI is InChI=1S/C21H20N2O2S2/c1-26-20-7-5-18(27-20)11-15-3-2-14-10-17(4-6-19(14)21(15)24)25-9-8-16-12-22-13-23-16/h4-7,10-13H,2-3,8-9H2,1H3,(H,22,23)/b15-11+. The molecule has 0 spiro atoms. The van der Waals surface area contributed by atoms with Crippen LogP contribution in [-0.4, -0.2) is 28.6 Å². The number of thiophene rings is 1. The lowest BCUT2D eigenvalue weighted by molar-refractivity contribution is 0.102. The number of aromatic nitrogens is 2. The van der Waals surface area contributed by atoms with E-state index in [2.05, 4.69) is 28.4 Å². The summed E-state index contributed by atoms with van der Waals surface area (Å²) >= 11 is 3.46. The van der Waals surface area contributed by atoms with Crippen molar-refractivity contribution < 1.29 is 9.53 Å². The predicted molar refractivity (Wildman–Crippen MR) is 111 cm³/mol. The Kier molecular flexibility index (Phi) is 5.45. The molecule has 27 heavy (non-hydrogen) atoms. The number of nitrogens with one attached hydrogen (secondary N) is 1. The number of hydrogen-bond donors (Lipinski definition) is 1. The van der Waals surface area contributed by atoms with E-state index in [1.165, 1.54) is 4.21 Å². The first-order valence-electron chi connectivity index (χ1n) is 8.85. The topological polar surface area (TPSA) is 55.0 Å². The summed E-state index contributed by atoms with van der Waals surface area (Å²) in [6.07, 6.45) is 10.0. The Labute approximate surface area is 166 Å². The van der Waals surface area contributed by atoms with Gasteiger partial charge in [0, 0.05) is 34.3 Å². The molecule has 138 valence electrons. The second-order valence-electron chi connectivity index (χ2n) is 6.35. The fourth-order valence-corrected chi connectivity index (χ4v) is 4.71. The van der Waals surface area contributed by atoms with Crippen LogP contribution >= 0.6 is 23.1 Å². The minimum atomic E-state index is 0.138. The molecule has 1 aliphatic rings. The number of rotatable bonds is 6. The number of thioether (sulfide) groups is 1. The molecular formula is C21H20N2O2S2. The molecule has 0 aliphatic heterocycles. The Morgan fingerprint density at radius 2 is 2.22 bits per heavy atom. The van der Waals surface area contributed by atoms with Gasteiger partial charge in [0.2, 0.25) is 0 Å². The van der Waals surface area contributed by atoms with Crippen LogP contribution in [0, 0.1) is 0 Å². The van der Waals surface area contributed by atoms with Crippen molar-refractivity contribution in [3.63, 3.8) is 0 Å². The zero-order valence-corrected chi connectivity index (χ0v) is 16.7. The minimum Gasteiger partial charge on any atom is -0.493 e. The summed E-state index contributed by atoms with van der Waals surface area (Å²) in [6, 6.07) is 9.99. The van der Waals surface area contributed by atoms with Crippen molar-refractivity contribution in [2.24, 2.45) is 0 Å². The Morgan fingerprint density at radius 1 is 1.30 bits per heavy atom. The lowest BCUT2D eigenvalue weighted by Gasteiger charge is -2.18. The molecule has 0 unspecified atom stereocenters. The molecule has 2 heterocycles. The molecule has 0 amide bonds. The van der Waals surface area contributed by atoms with Crippen molar-refractivity contribution in [1.29, 1.82) is 0 Å². The molecule has 0 saturated carbocycles. The summed E-state index contributed by atoms with van der Waals surface area (Å²) in [6.45, 7) is 0.580. The van der Waals surface area contributed by atoms with Crippen LogP contribution in [0.25, 0.3) is 6.08 Å². The zero-order valence-electron chi connectivity index (χ0n) is 15.0. The second kappa shape index (κ2) is 8.15. The van der Waals surface area contributed by atoms with E-state index in [0.717, 1.165) is 52.3 Å². The largest absolute Gasteiger partial charge is 0.493 e. The summed E-state index contributed by atoms with van der Waals surface area (Å²) in [4.78, 5) is 21.1. The maximum atomic E-state index is 12.9. The first-order chi connectivity index (χ1) is 13.2. The van der Waals surface area contributed by atoms with Gasteiger partial charge in [-0.25, -0.2) is 4.98 Å². The van der Waals surface area contributed by atoms with E-state index in [0.29, 0.717) is 6.61 Å². The summed E-state index contributed by atoms with van der Waals surface area (Å²) in [7, 11) is 0. The fourth-order valence-electron chi connectivity index (χ4n) is 3.18. The molecule has 4 nitrogen and oxygen atoms in total. The molecule has 6 heteroatoms. The Morgan fingerprint density at radius 3 is 3.00 bits per heavy atom. The molecule has 0 saturated heterocycles. The summed E-state index contributed by atoms with van der Waals surface area (Å²) in [5.41, 5.74) is 3.82. The number of aromatic amines is 1. The van der Waals surface area contributed by atoms with Crippen molar-refractivity contribution >= 4 is 35.0 Å². The molecule has 0 atom stereocenters. The van der Waals surface area contributed by atoms with Gasteiger partial charge in [0.1, 0.15) is 5.75 Å². The lowest BCUT2D eigenvalue weighted by Crippen LogP contribution is -2.14. The van der Waals surface area contributed by atoms with Crippen molar-refractivity contribution in [1.82, 2.24) is 9.97 Å². The van der Waals surface area contributed by atoms with E-state index in [9.17, 15) is 4.79 Å². The lowest BCUT2D eigenvalue weighted by atomic mass is 9.86. The molecule has 1 aliphatic carbocycles. The Bertz CT molecular complexity index is 974. The average molecular weight is 397 g/mol. The van der Waals surface area contributed by atoms with Crippen LogP contribution in [0.1, 0.15) is 32.9 Å². The number of hydrogen-bond acceptors (Lipinski definition) is 5. The third-order valence-electron chi connectivity index (χ3n) is 4.59. The molecule has 4 rings (SSSR count). The Hall–Kier alpha value is -2.31. The number of nitrogens with zero attached hydrogens (tertiary/aromatic N) is 1. The predicted octanol–water partition coefficient (Wildman–Crippen LogP) is 5.03. The number of carbonyl (C=O) groups excluding carboxylic acids is 1. The van der Waals surface area contributed by atoms with E-state index < -0.39 is 0 Å². The van der Waals surface area contributed by atoms with Crippen LogP contribution in [0.5, 0.6) is 5.75 Å². The number of allylic oxidation sites excluding steroid dienone is 1. The molecule has 1 aromatic carbocycles. The molecule has 2 aromatic heterocycles. The second-order valence-corrected chi connectivity index (χ2v) is 8.58. The monoisotopic (exact) mass is 396 g/mol. The molecule has 1 N–H and O–H groups in total. The zero-order chi connectivity index (χ0) is 18.6. The van der Waals surface area contributed by atoms with Crippen LogP contribution in [0.3, 0.4) is 0 Å². The van der Waals surface area contributed by atoms with Gasteiger partial charge in [0.15, 0.2) is 5.78 Å². The number of ketones is 1. The van der Waals surface area contributed by atoms with E-state index >= 15 is 0 Å². The maximum absolute atomic E-state index is 12.9.